The van der Waals surface area contributed by atoms with Gasteiger partial charge in [-0.25, -0.2) is 0 Å². The van der Waals surface area contributed by atoms with Crippen molar-refractivity contribution in [1.29, 1.82) is 5.26 Å². The predicted octanol–water partition coefficient (Wildman–Crippen LogP) is 2.51. The zero-order chi connectivity index (χ0) is 16.1. The molecule has 0 aromatic heterocycles. The van der Waals surface area contributed by atoms with Gasteiger partial charge in [0.15, 0.2) is 0 Å². The summed E-state index contributed by atoms with van der Waals surface area (Å²) in [5, 5.41) is 11.6. The number of hydrogen-bond donors (Lipinski definition) is 1. The molecule has 0 fully saturated rings. The molecular weight excluding hydrogens is 278 g/mol. The summed E-state index contributed by atoms with van der Waals surface area (Å²) in [4.78, 5) is 25.4. The number of nitrogens with zero attached hydrogens (tertiary/aromatic N) is 2. The molecule has 2 rings (SSSR count). The molecule has 2 aromatic carbocycles. The Morgan fingerprint density at radius 3 is 2.32 bits per heavy atom. The Hall–Kier alpha value is -3.13. The van der Waals surface area contributed by atoms with Crippen LogP contribution in [0.5, 0.6) is 0 Å². The minimum absolute atomic E-state index is 0.0976. The summed E-state index contributed by atoms with van der Waals surface area (Å²) in [6, 6.07) is 15.1. The molecule has 5 heteroatoms. The van der Waals surface area contributed by atoms with E-state index < -0.39 is 0 Å². The third-order valence-electron chi connectivity index (χ3n) is 3.05. The molecule has 0 aliphatic heterocycles. The molecule has 110 valence electrons. The molecule has 0 saturated heterocycles. The molecule has 0 aliphatic rings. The quantitative estimate of drug-likeness (QED) is 0.945. The Bertz CT molecular complexity index is 743. The van der Waals surface area contributed by atoms with Gasteiger partial charge in [-0.1, -0.05) is 6.07 Å². The van der Waals surface area contributed by atoms with Crippen molar-refractivity contribution in [2.45, 2.75) is 0 Å². The van der Waals surface area contributed by atoms with Gasteiger partial charge in [-0.3, -0.25) is 9.59 Å². The van der Waals surface area contributed by atoms with E-state index >= 15 is 0 Å². The lowest BCUT2D eigenvalue weighted by Crippen LogP contribution is -2.21. The van der Waals surface area contributed by atoms with Crippen molar-refractivity contribution >= 4 is 17.5 Å². The van der Waals surface area contributed by atoms with Crippen LogP contribution in [0.25, 0.3) is 0 Å². The van der Waals surface area contributed by atoms with Crippen molar-refractivity contribution in [3.8, 4) is 6.07 Å². The SMILES string of the molecule is CN(C)C(=O)c1ccc(NC(=O)c2cccc(C#N)c2)cc1. The maximum absolute atomic E-state index is 12.1. The summed E-state index contributed by atoms with van der Waals surface area (Å²) in [6.07, 6.45) is 0. The number of nitrogens with one attached hydrogen (secondary N) is 1. The van der Waals surface area contributed by atoms with E-state index in [0.29, 0.717) is 22.4 Å². The van der Waals surface area contributed by atoms with Gasteiger partial charge in [0.05, 0.1) is 11.6 Å². The van der Waals surface area contributed by atoms with Gasteiger partial charge in [-0.05, 0) is 42.5 Å². The number of hydrogen-bond acceptors (Lipinski definition) is 3. The van der Waals surface area contributed by atoms with E-state index in [0.717, 1.165) is 0 Å². The summed E-state index contributed by atoms with van der Waals surface area (Å²) in [5.41, 5.74) is 1.98. The van der Waals surface area contributed by atoms with Gasteiger partial charge in [-0.15, -0.1) is 0 Å². The Morgan fingerprint density at radius 2 is 1.73 bits per heavy atom. The highest BCUT2D eigenvalue weighted by molar-refractivity contribution is 6.04. The van der Waals surface area contributed by atoms with Crippen LogP contribution in [0.3, 0.4) is 0 Å². The molecule has 0 aliphatic carbocycles. The van der Waals surface area contributed by atoms with Gasteiger partial charge in [0.1, 0.15) is 0 Å². The average Bonchev–Trinajstić information content (AvgIpc) is 2.54. The summed E-state index contributed by atoms with van der Waals surface area (Å²) >= 11 is 0. The second-order valence-corrected chi connectivity index (χ2v) is 4.92. The fourth-order valence-electron chi connectivity index (χ4n) is 1.89. The molecule has 2 aromatic rings. The molecule has 0 saturated carbocycles. The van der Waals surface area contributed by atoms with E-state index in [2.05, 4.69) is 5.32 Å². The lowest BCUT2D eigenvalue weighted by atomic mass is 10.1. The molecule has 2 amide bonds. The summed E-state index contributed by atoms with van der Waals surface area (Å²) in [7, 11) is 3.36. The van der Waals surface area contributed by atoms with Crippen molar-refractivity contribution in [3.05, 3.63) is 65.2 Å². The predicted molar refractivity (Wildman–Crippen MR) is 83.6 cm³/mol. The van der Waals surface area contributed by atoms with Crippen molar-refractivity contribution < 1.29 is 9.59 Å². The standard InChI is InChI=1S/C17H15N3O2/c1-20(2)17(22)13-6-8-15(9-7-13)19-16(21)14-5-3-4-12(10-14)11-18/h3-10H,1-2H3,(H,19,21). The van der Waals surface area contributed by atoms with Gasteiger partial charge in [0.2, 0.25) is 0 Å². The molecule has 0 heterocycles. The molecule has 5 nitrogen and oxygen atoms in total. The molecule has 1 N–H and O–H groups in total. The summed E-state index contributed by atoms with van der Waals surface area (Å²) < 4.78 is 0. The molecule has 0 atom stereocenters. The van der Waals surface area contributed by atoms with Crippen LogP contribution >= 0.6 is 0 Å². The molecule has 0 radical (unpaired) electrons. The highest BCUT2D eigenvalue weighted by Crippen LogP contribution is 2.13. The Morgan fingerprint density at radius 1 is 1.05 bits per heavy atom. The van der Waals surface area contributed by atoms with E-state index in [1.807, 2.05) is 6.07 Å². The second-order valence-electron chi connectivity index (χ2n) is 4.92. The number of carbonyl (C=O) groups excluding carboxylic acids is 2. The van der Waals surface area contributed by atoms with Crippen molar-refractivity contribution in [2.24, 2.45) is 0 Å². The monoisotopic (exact) mass is 293 g/mol. The van der Waals surface area contributed by atoms with Crippen LogP contribution in [0, 0.1) is 11.3 Å². The smallest absolute Gasteiger partial charge is 0.255 e. The number of benzene rings is 2. The first-order chi connectivity index (χ1) is 10.5. The third-order valence-corrected chi connectivity index (χ3v) is 3.05. The fraction of sp³-hybridized carbons (Fsp3) is 0.118. The van der Waals surface area contributed by atoms with Crippen molar-refractivity contribution in [2.75, 3.05) is 19.4 Å². The van der Waals surface area contributed by atoms with Crippen LogP contribution in [0.15, 0.2) is 48.5 Å². The fourth-order valence-corrected chi connectivity index (χ4v) is 1.89. The summed E-state index contributed by atoms with van der Waals surface area (Å²) in [6.45, 7) is 0. The lowest BCUT2D eigenvalue weighted by molar-refractivity contribution is 0.0827. The van der Waals surface area contributed by atoms with E-state index in [4.69, 9.17) is 5.26 Å². The lowest BCUT2D eigenvalue weighted by Gasteiger charge is -2.11. The van der Waals surface area contributed by atoms with E-state index in [1.54, 1.807) is 56.6 Å². The van der Waals surface area contributed by atoms with Gasteiger partial charge >= 0.3 is 0 Å². The second kappa shape index (κ2) is 6.55. The molecule has 0 spiro atoms. The van der Waals surface area contributed by atoms with Crippen molar-refractivity contribution in [3.63, 3.8) is 0 Å². The zero-order valence-electron chi connectivity index (χ0n) is 12.3. The van der Waals surface area contributed by atoms with Gasteiger partial charge in [-0.2, -0.15) is 5.26 Å². The minimum Gasteiger partial charge on any atom is -0.345 e. The molecule has 0 bridgehead atoms. The van der Waals surface area contributed by atoms with Crippen LogP contribution in [0.1, 0.15) is 26.3 Å². The van der Waals surface area contributed by atoms with Crippen LogP contribution in [-0.2, 0) is 0 Å². The maximum Gasteiger partial charge on any atom is 0.255 e. The van der Waals surface area contributed by atoms with Gasteiger partial charge < -0.3 is 10.2 Å². The van der Waals surface area contributed by atoms with E-state index in [-0.39, 0.29) is 11.8 Å². The zero-order valence-corrected chi connectivity index (χ0v) is 12.3. The Kier molecular flexibility index (Phi) is 4.54. The first kappa shape index (κ1) is 15.3. The number of amides is 2. The van der Waals surface area contributed by atoms with Crippen LogP contribution in [-0.4, -0.2) is 30.8 Å². The van der Waals surface area contributed by atoms with E-state index in [9.17, 15) is 9.59 Å². The number of anilines is 1. The third kappa shape index (κ3) is 3.49. The maximum atomic E-state index is 12.1. The Balaban J connectivity index is 2.12. The molecular formula is C17H15N3O2. The first-order valence-electron chi connectivity index (χ1n) is 6.64. The minimum atomic E-state index is -0.302. The largest absolute Gasteiger partial charge is 0.345 e. The highest BCUT2D eigenvalue weighted by atomic mass is 16.2. The van der Waals surface area contributed by atoms with E-state index in [1.165, 1.54) is 11.0 Å². The summed E-state index contributed by atoms with van der Waals surface area (Å²) in [5.74, 6) is -0.400. The number of rotatable bonds is 3. The van der Waals surface area contributed by atoms with Gasteiger partial charge in [0.25, 0.3) is 11.8 Å². The molecule has 0 unspecified atom stereocenters. The van der Waals surface area contributed by atoms with Crippen LogP contribution in [0.2, 0.25) is 0 Å². The normalized spacial score (nSPS) is 9.68. The van der Waals surface area contributed by atoms with Crippen LogP contribution in [0.4, 0.5) is 5.69 Å². The first-order valence-corrected chi connectivity index (χ1v) is 6.64. The Labute approximate surface area is 128 Å². The number of nitriles is 1. The highest BCUT2D eigenvalue weighted by Gasteiger charge is 2.09. The number of carbonyl (C=O) groups is 2. The molecule has 22 heavy (non-hydrogen) atoms. The van der Waals surface area contributed by atoms with Gasteiger partial charge in [0, 0.05) is 30.9 Å². The average molecular weight is 293 g/mol. The van der Waals surface area contributed by atoms with Crippen molar-refractivity contribution in [1.82, 2.24) is 4.90 Å². The topological polar surface area (TPSA) is 73.2 Å². The van der Waals surface area contributed by atoms with Crippen LogP contribution < -0.4 is 5.32 Å².